The van der Waals surface area contributed by atoms with Crippen LogP contribution in [0.3, 0.4) is 0 Å². The van der Waals surface area contributed by atoms with Crippen molar-refractivity contribution in [2.45, 2.75) is 134 Å². The number of allylic oxidation sites excluding steroid dienone is 2. The second-order valence-electron chi connectivity index (χ2n) is 8.99. The van der Waals surface area contributed by atoms with Crippen molar-refractivity contribution in [3.63, 3.8) is 0 Å². The van der Waals surface area contributed by atoms with Crippen molar-refractivity contribution in [2.75, 3.05) is 13.2 Å². The summed E-state index contributed by atoms with van der Waals surface area (Å²) >= 11 is 0. The summed E-state index contributed by atoms with van der Waals surface area (Å²) in [7, 11) is 0. The smallest absolute Gasteiger partial charge is 0.305 e. The van der Waals surface area contributed by atoms with E-state index in [9.17, 15) is 20.1 Å². The van der Waals surface area contributed by atoms with Crippen LogP contribution in [0.1, 0.15) is 104 Å². The van der Waals surface area contributed by atoms with Crippen LogP contribution >= 0.6 is 0 Å². The van der Waals surface area contributed by atoms with E-state index in [-0.39, 0.29) is 19.2 Å². The van der Waals surface area contributed by atoms with Crippen LogP contribution in [0.25, 0.3) is 0 Å². The molecule has 0 radical (unpaired) electrons. The fourth-order valence-electron chi connectivity index (χ4n) is 3.94. The van der Waals surface area contributed by atoms with E-state index in [0.717, 1.165) is 32.1 Å². The molecule has 0 amide bonds. The summed E-state index contributed by atoms with van der Waals surface area (Å²) in [6.45, 7) is 4.08. The SMILES string of the molecule is CCCCCCCCC=CCCCCCCCC(=O)OC[C@H]1OC(OCC)[C@H](O)[C@@H](O)[C@@H]1O. The Morgan fingerprint density at radius 2 is 1.36 bits per heavy atom. The first-order valence-corrected chi connectivity index (χ1v) is 13.1. The monoisotopic (exact) mass is 472 g/mol. The topological polar surface area (TPSA) is 105 Å². The van der Waals surface area contributed by atoms with Gasteiger partial charge in [0, 0.05) is 13.0 Å². The van der Waals surface area contributed by atoms with Gasteiger partial charge in [0.2, 0.25) is 0 Å². The van der Waals surface area contributed by atoms with Gasteiger partial charge in [0.1, 0.15) is 31.0 Å². The van der Waals surface area contributed by atoms with Crippen LogP contribution in [0, 0.1) is 0 Å². The second-order valence-corrected chi connectivity index (χ2v) is 8.99. The number of hydrogen-bond donors (Lipinski definition) is 3. The molecule has 0 aliphatic carbocycles. The number of carbonyl (C=O) groups excluding carboxylic acids is 1. The summed E-state index contributed by atoms with van der Waals surface area (Å²) in [6, 6.07) is 0. The minimum Gasteiger partial charge on any atom is -0.463 e. The lowest BCUT2D eigenvalue weighted by Crippen LogP contribution is -2.59. The lowest BCUT2D eigenvalue weighted by Gasteiger charge is -2.39. The maximum atomic E-state index is 12.0. The van der Waals surface area contributed by atoms with Crippen LogP contribution in [0.2, 0.25) is 0 Å². The molecule has 0 spiro atoms. The summed E-state index contributed by atoms with van der Waals surface area (Å²) < 4.78 is 15.9. The van der Waals surface area contributed by atoms with E-state index in [1.165, 1.54) is 51.4 Å². The lowest BCUT2D eigenvalue weighted by atomic mass is 9.99. The van der Waals surface area contributed by atoms with E-state index >= 15 is 0 Å². The predicted molar refractivity (Wildman–Crippen MR) is 129 cm³/mol. The van der Waals surface area contributed by atoms with Gasteiger partial charge in [-0.15, -0.1) is 0 Å². The normalized spacial score (nSPS) is 25.5. The van der Waals surface area contributed by atoms with Crippen molar-refractivity contribution in [1.82, 2.24) is 0 Å². The van der Waals surface area contributed by atoms with Crippen molar-refractivity contribution < 1.29 is 34.3 Å². The minimum atomic E-state index is -1.41. The summed E-state index contributed by atoms with van der Waals surface area (Å²) in [6.07, 6.45) is 14.4. The first-order chi connectivity index (χ1) is 16.0. The minimum absolute atomic E-state index is 0.182. The number of rotatable bonds is 19. The molecule has 1 saturated heterocycles. The molecular formula is C26H48O7. The van der Waals surface area contributed by atoms with E-state index in [0.29, 0.717) is 6.42 Å². The fraction of sp³-hybridized carbons (Fsp3) is 0.885. The highest BCUT2D eigenvalue weighted by Crippen LogP contribution is 2.22. The van der Waals surface area contributed by atoms with Crippen molar-refractivity contribution in [3.8, 4) is 0 Å². The van der Waals surface area contributed by atoms with Crippen LogP contribution in [-0.4, -0.2) is 65.2 Å². The van der Waals surface area contributed by atoms with Crippen molar-refractivity contribution in [1.29, 1.82) is 0 Å². The van der Waals surface area contributed by atoms with Crippen LogP contribution in [0.5, 0.6) is 0 Å². The maximum Gasteiger partial charge on any atom is 0.305 e. The lowest BCUT2D eigenvalue weighted by molar-refractivity contribution is -0.300. The van der Waals surface area contributed by atoms with Crippen LogP contribution in [0.15, 0.2) is 12.2 Å². The number of carbonyl (C=O) groups is 1. The average molecular weight is 473 g/mol. The standard InChI is InChI=1S/C26H48O7/c1-3-5-6-7-8-9-10-11-12-13-14-15-16-17-18-19-22(27)32-20-21-23(28)24(29)25(30)26(33-21)31-4-2/h11-12,21,23-26,28-30H,3-10,13-20H2,1-2H3/t21-,23-,24+,25-,26?/m1/s1. The van der Waals surface area contributed by atoms with Gasteiger partial charge in [-0.25, -0.2) is 0 Å². The zero-order valence-corrected chi connectivity index (χ0v) is 20.8. The molecule has 3 N–H and O–H groups in total. The molecule has 0 aromatic rings. The van der Waals surface area contributed by atoms with Gasteiger partial charge in [-0.05, 0) is 39.0 Å². The molecule has 5 atom stereocenters. The average Bonchev–Trinajstić information content (AvgIpc) is 2.81. The zero-order valence-electron chi connectivity index (χ0n) is 20.8. The molecule has 1 aliphatic rings. The number of unbranched alkanes of at least 4 members (excludes halogenated alkanes) is 11. The third-order valence-electron chi connectivity index (χ3n) is 6.05. The first kappa shape index (κ1) is 30.0. The Bertz CT molecular complexity index is 511. The number of hydrogen-bond acceptors (Lipinski definition) is 7. The molecule has 1 heterocycles. The number of aliphatic hydroxyl groups is 3. The number of aliphatic hydroxyl groups excluding tert-OH is 3. The molecule has 33 heavy (non-hydrogen) atoms. The van der Waals surface area contributed by atoms with Gasteiger partial charge in [-0.1, -0.05) is 70.4 Å². The van der Waals surface area contributed by atoms with Gasteiger partial charge in [0.25, 0.3) is 0 Å². The molecule has 0 aromatic heterocycles. The Morgan fingerprint density at radius 1 is 0.788 bits per heavy atom. The highest BCUT2D eigenvalue weighted by molar-refractivity contribution is 5.69. The predicted octanol–water partition coefficient (Wildman–Crippen LogP) is 4.41. The Labute approximate surface area is 200 Å². The highest BCUT2D eigenvalue weighted by Gasteiger charge is 2.44. The summed E-state index contributed by atoms with van der Waals surface area (Å²) in [4.78, 5) is 12.0. The van der Waals surface area contributed by atoms with Gasteiger partial charge in [0.05, 0.1) is 0 Å². The fourth-order valence-corrected chi connectivity index (χ4v) is 3.94. The van der Waals surface area contributed by atoms with Crippen LogP contribution in [-0.2, 0) is 19.0 Å². The molecule has 0 aromatic carbocycles. The Balaban J connectivity index is 2.00. The Kier molecular flexibility index (Phi) is 17.6. The van der Waals surface area contributed by atoms with Crippen molar-refractivity contribution in [2.24, 2.45) is 0 Å². The summed E-state index contributed by atoms with van der Waals surface area (Å²) in [5.74, 6) is -0.350. The molecule has 0 saturated carbocycles. The van der Waals surface area contributed by atoms with Gasteiger partial charge in [-0.3, -0.25) is 4.79 Å². The molecule has 1 rings (SSSR count). The molecule has 1 unspecified atom stereocenters. The highest BCUT2D eigenvalue weighted by atomic mass is 16.7. The van der Waals surface area contributed by atoms with Gasteiger partial charge < -0.3 is 29.5 Å². The molecule has 1 aliphatic heterocycles. The van der Waals surface area contributed by atoms with E-state index in [1.54, 1.807) is 6.92 Å². The summed E-state index contributed by atoms with van der Waals surface area (Å²) in [5.41, 5.74) is 0. The quantitative estimate of drug-likeness (QED) is 0.145. The van der Waals surface area contributed by atoms with E-state index in [2.05, 4.69) is 19.1 Å². The first-order valence-electron chi connectivity index (χ1n) is 13.1. The van der Waals surface area contributed by atoms with Gasteiger partial charge >= 0.3 is 5.97 Å². The van der Waals surface area contributed by atoms with Crippen molar-refractivity contribution in [3.05, 3.63) is 12.2 Å². The molecule has 0 bridgehead atoms. The molecule has 7 nitrogen and oxygen atoms in total. The number of ether oxygens (including phenoxy) is 3. The van der Waals surface area contributed by atoms with Crippen molar-refractivity contribution >= 4 is 5.97 Å². The largest absolute Gasteiger partial charge is 0.463 e. The van der Waals surface area contributed by atoms with Crippen LogP contribution < -0.4 is 0 Å². The molecule has 194 valence electrons. The second kappa shape index (κ2) is 19.3. The van der Waals surface area contributed by atoms with Gasteiger partial charge in [0.15, 0.2) is 6.29 Å². The molecular weight excluding hydrogens is 424 g/mol. The molecule has 1 fully saturated rings. The van der Waals surface area contributed by atoms with E-state index in [1.807, 2.05) is 0 Å². The zero-order chi connectivity index (χ0) is 24.3. The van der Waals surface area contributed by atoms with E-state index < -0.39 is 30.7 Å². The Hall–Kier alpha value is -0.990. The third-order valence-corrected chi connectivity index (χ3v) is 6.05. The summed E-state index contributed by atoms with van der Waals surface area (Å²) in [5, 5.41) is 29.8. The van der Waals surface area contributed by atoms with E-state index in [4.69, 9.17) is 14.2 Å². The third kappa shape index (κ3) is 13.5. The molecule has 7 heteroatoms. The number of esters is 1. The Morgan fingerprint density at radius 3 is 1.97 bits per heavy atom. The maximum absolute atomic E-state index is 12.0. The van der Waals surface area contributed by atoms with Crippen LogP contribution in [0.4, 0.5) is 0 Å². The van der Waals surface area contributed by atoms with Gasteiger partial charge in [-0.2, -0.15) is 0 Å².